The summed E-state index contributed by atoms with van der Waals surface area (Å²) in [5.41, 5.74) is 1.47. The minimum Gasteiger partial charge on any atom is -0.434 e. The van der Waals surface area contributed by atoms with Gasteiger partial charge in [-0.1, -0.05) is 25.1 Å². The number of para-hydroxylation sites is 1. The summed E-state index contributed by atoms with van der Waals surface area (Å²) in [7, 11) is 0. The van der Waals surface area contributed by atoms with Crippen molar-refractivity contribution in [2.45, 2.75) is 26.0 Å². The molecule has 0 aliphatic heterocycles. The fraction of sp³-hybridized carbons (Fsp3) is 0.222. The molecule has 0 bridgehead atoms. The Morgan fingerprint density at radius 2 is 1.88 bits per heavy atom. The maximum absolute atomic E-state index is 12.5. The number of hydrogen-bond acceptors (Lipinski definition) is 3. The number of rotatable bonds is 6. The van der Waals surface area contributed by atoms with Gasteiger partial charge in [0.25, 0.3) is 0 Å². The average molecular weight is 345 g/mol. The topological polar surface area (TPSA) is 74.2 Å². The molecule has 0 heterocycles. The largest absolute Gasteiger partial charge is 0.434 e. The van der Waals surface area contributed by atoms with E-state index in [2.05, 4.69) is 15.4 Å². The molecular formula is C18H17F2N3O2. The van der Waals surface area contributed by atoms with Gasteiger partial charge in [0.15, 0.2) is 0 Å². The Morgan fingerprint density at radius 3 is 2.48 bits per heavy atom. The number of anilines is 1. The lowest BCUT2D eigenvalue weighted by atomic mass is 10.0. The Kier molecular flexibility index (Phi) is 6.29. The number of nitriles is 1. The van der Waals surface area contributed by atoms with Crippen LogP contribution >= 0.6 is 0 Å². The van der Waals surface area contributed by atoms with Gasteiger partial charge in [0.2, 0.25) is 0 Å². The standard InChI is InChI=1S/C18H17F2N3O2/c1-2-15(14-5-3-4-6-16(14)25-17(19)20)23-18(24)22-13-9-7-12(11-21)8-10-13/h3-10,15,17H,2H2,1H3,(H2,22,23,24)/t15-/m1/s1. The number of hydrogen-bond donors (Lipinski definition) is 2. The molecule has 0 spiro atoms. The van der Waals surface area contributed by atoms with E-state index in [-0.39, 0.29) is 5.75 Å². The predicted molar refractivity (Wildman–Crippen MR) is 89.4 cm³/mol. The molecule has 0 saturated heterocycles. The zero-order valence-electron chi connectivity index (χ0n) is 13.5. The number of nitrogens with zero attached hydrogens (tertiary/aromatic N) is 1. The van der Waals surface area contributed by atoms with E-state index >= 15 is 0 Å². The summed E-state index contributed by atoms with van der Waals surface area (Å²) in [6, 6.07) is 13.7. The minimum absolute atomic E-state index is 0.0306. The number of halogens is 2. The maximum Gasteiger partial charge on any atom is 0.387 e. The normalized spacial score (nSPS) is 11.5. The van der Waals surface area contributed by atoms with Crippen molar-refractivity contribution in [2.24, 2.45) is 0 Å². The maximum atomic E-state index is 12.5. The van der Waals surface area contributed by atoms with Crippen LogP contribution in [0.3, 0.4) is 0 Å². The first-order valence-electron chi connectivity index (χ1n) is 7.65. The first-order chi connectivity index (χ1) is 12.0. The summed E-state index contributed by atoms with van der Waals surface area (Å²) in [6.07, 6.45) is 0.490. The van der Waals surface area contributed by atoms with E-state index in [1.807, 2.05) is 13.0 Å². The van der Waals surface area contributed by atoms with Gasteiger partial charge in [0, 0.05) is 11.3 Å². The van der Waals surface area contributed by atoms with Crippen LogP contribution in [0.25, 0.3) is 0 Å². The highest BCUT2D eigenvalue weighted by Gasteiger charge is 2.18. The smallest absolute Gasteiger partial charge is 0.387 e. The molecule has 0 aliphatic rings. The molecule has 25 heavy (non-hydrogen) atoms. The summed E-state index contributed by atoms with van der Waals surface area (Å²) < 4.78 is 29.6. The van der Waals surface area contributed by atoms with Gasteiger partial charge < -0.3 is 15.4 Å². The fourth-order valence-corrected chi connectivity index (χ4v) is 2.32. The molecule has 0 fully saturated rings. The van der Waals surface area contributed by atoms with Crippen LogP contribution in [0.15, 0.2) is 48.5 Å². The molecule has 7 heteroatoms. The summed E-state index contributed by atoms with van der Waals surface area (Å²) in [5.74, 6) is 0.0306. The SMILES string of the molecule is CC[C@@H](NC(=O)Nc1ccc(C#N)cc1)c1ccccc1OC(F)F. The Bertz CT molecular complexity index is 758. The lowest BCUT2D eigenvalue weighted by molar-refractivity contribution is -0.0506. The van der Waals surface area contributed by atoms with E-state index in [1.54, 1.807) is 42.5 Å². The molecule has 0 unspecified atom stereocenters. The molecule has 0 radical (unpaired) electrons. The van der Waals surface area contributed by atoms with Gasteiger partial charge in [0.05, 0.1) is 17.7 Å². The number of ether oxygens (including phenoxy) is 1. The van der Waals surface area contributed by atoms with Gasteiger partial charge in [-0.2, -0.15) is 14.0 Å². The molecule has 2 aromatic carbocycles. The quantitative estimate of drug-likeness (QED) is 0.813. The number of urea groups is 1. The number of nitrogens with one attached hydrogen (secondary N) is 2. The van der Waals surface area contributed by atoms with E-state index in [0.717, 1.165) is 0 Å². The van der Waals surface area contributed by atoms with Crippen molar-refractivity contribution >= 4 is 11.7 Å². The van der Waals surface area contributed by atoms with Crippen LogP contribution in [0, 0.1) is 11.3 Å². The van der Waals surface area contributed by atoms with Crippen molar-refractivity contribution < 1.29 is 18.3 Å². The molecule has 0 aromatic heterocycles. The molecule has 2 aromatic rings. The second-order valence-corrected chi connectivity index (χ2v) is 5.16. The molecule has 2 amide bonds. The summed E-state index contributed by atoms with van der Waals surface area (Å²) in [6.45, 7) is -1.11. The molecule has 2 N–H and O–H groups in total. The molecule has 0 saturated carbocycles. The molecule has 5 nitrogen and oxygen atoms in total. The van der Waals surface area contributed by atoms with Gasteiger partial charge in [-0.05, 0) is 36.8 Å². The lowest BCUT2D eigenvalue weighted by Gasteiger charge is -2.20. The van der Waals surface area contributed by atoms with Gasteiger partial charge in [-0.3, -0.25) is 0 Å². The van der Waals surface area contributed by atoms with Gasteiger partial charge >= 0.3 is 12.6 Å². The van der Waals surface area contributed by atoms with E-state index in [0.29, 0.717) is 23.2 Å². The highest BCUT2D eigenvalue weighted by atomic mass is 19.3. The molecule has 0 aliphatic carbocycles. The Balaban J connectivity index is 2.08. The number of benzene rings is 2. The van der Waals surface area contributed by atoms with Crippen molar-refractivity contribution in [2.75, 3.05) is 5.32 Å². The predicted octanol–water partition coefficient (Wildman–Crippen LogP) is 4.43. The molecular weight excluding hydrogens is 328 g/mol. The fourth-order valence-electron chi connectivity index (χ4n) is 2.32. The third kappa shape index (κ3) is 5.18. The van der Waals surface area contributed by atoms with Crippen molar-refractivity contribution in [3.63, 3.8) is 0 Å². The molecule has 2 rings (SSSR count). The second-order valence-electron chi connectivity index (χ2n) is 5.16. The molecule has 130 valence electrons. The Morgan fingerprint density at radius 1 is 1.20 bits per heavy atom. The number of carbonyl (C=O) groups excluding carboxylic acids is 1. The summed E-state index contributed by atoms with van der Waals surface area (Å²) >= 11 is 0. The van der Waals surface area contributed by atoms with E-state index in [1.165, 1.54) is 6.07 Å². The zero-order chi connectivity index (χ0) is 18.2. The number of amides is 2. The van der Waals surface area contributed by atoms with Crippen molar-refractivity contribution in [1.29, 1.82) is 5.26 Å². The highest BCUT2D eigenvalue weighted by Crippen LogP contribution is 2.28. The van der Waals surface area contributed by atoms with Crippen molar-refractivity contribution in [1.82, 2.24) is 5.32 Å². The Hall–Kier alpha value is -3.14. The van der Waals surface area contributed by atoms with Crippen LogP contribution in [0.5, 0.6) is 5.75 Å². The highest BCUT2D eigenvalue weighted by molar-refractivity contribution is 5.89. The minimum atomic E-state index is -2.94. The second kappa shape index (κ2) is 8.64. The van der Waals surface area contributed by atoms with Crippen LogP contribution in [0.2, 0.25) is 0 Å². The third-order valence-electron chi connectivity index (χ3n) is 3.50. The lowest BCUT2D eigenvalue weighted by Crippen LogP contribution is -2.32. The van der Waals surface area contributed by atoms with Gasteiger partial charge in [-0.15, -0.1) is 0 Å². The van der Waals surface area contributed by atoms with Crippen molar-refractivity contribution in [3.05, 3.63) is 59.7 Å². The van der Waals surface area contributed by atoms with Crippen LogP contribution in [0.4, 0.5) is 19.3 Å². The zero-order valence-corrected chi connectivity index (χ0v) is 13.5. The van der Waals surface area contributed by atoms with Crippen LogP contribution < -0.4 is 15.4 Å². The number of alkyl halides is 2. The van der Waals surface area contributed by atoms with Gasteiger partial charge in [0.1, 0.15) is 5.75 Å². The summed E-state index contributed by atoms with van der Waals surface area (Å²) in [5, 5.41) is 14.1. The van der Waals surface area contributed by atoms with E-state index < -0.39 is 18.7 Å². The van der Waals surface area contributed by atoms with E-state index in [9.17, 15) is 13.6 Å². The van der Waals surface area contributed by atoms with E-state index in [4.69, 9.17) is 5.26 Å². The van der Waals surface area contributed by atoms with Crippen LogP contribution in [0.1, 0.15) is 30.5 Å². The van der Waals surface area contributed by atoms with Crippen LogP contribution in [-0.2, 0) is 0 Å². The third-order valence-corrected chi connectivity index (χ3v) is 3.50. The Labute approximate surface area is 144 Å². The summed E-state index contributed by atoms with van der Waals surface area (Å²) in [4.78, 5) is 12.2. The van der Waals surface area contributed by atoms with Crippen LogP contribution in [-0.4, -0.2) is 12.6 Å². The monoisotopic (exact) mass is 345 g/mol. The average Bonchev–Trinajstić information content (AvgIpc) is 2.60. The number of carbonyl (C=O) groups is 1. The molecule has 1 atom stereocenters. The first kappa shape index (κ1) is 18.2. The van der Waals surface area contributed by atoms with Crippen molar-refractivity contribution in [3.8, 4) is 11.8 Å². The first-order valence-corrected chi connectivity index (χ1v) is 7.65. The van der Waals surface area contributed by atoms with Gasteiger partial charge in [-0.25, -0.2) is 4.79 Å².